The molecule has 4 aromatic heterocycles. The van der Waals surface area contributed by atoms with Crippen molar-refractivity contribution >= 4 is 65.6 Å². The van der Waals surface area contributed by atoms with Crippen molar-refractivity contribution < 1.29 is 18.1 Å². The van der Waals surface area contributed by atoms with Crippen LogP contribution in [0.2, 0.25) is 0 Å². The third-order valence-corrected chi connectivity index (χ3v) is 10.5. The Labute approximate surface area is 340 Å². The number of fused-ring (bicyclic) bond motifs is 10. The largest absolute Gasteiger partial charge is 0.455 e. The molecule has 6 nitrogen and oxygen atoms in total. The number of hydrogen-bond donors (Lipinski definition) is 0. The Kier molecular flexibility index (Phi) is 5.02. The summed E-state index contributed by atoms with van der Waals surface area (Å²) in [6.07, 6.45) is 0. The number of rotatable bonds is 5. The van der Waals surface area contributed by atoms with Gasteiger partial charge in [0.15, 0.2) is 11.6 Å². The summed E-state index contributed by atoms with van der Waals surface area (Å²) < 4.78 is 103. The Morgan fingerprint density at radius 2 is 0.982 bits per heavy atom. The van der Waals surface area contributed by atoms with Crippen LogP contribution in [0.15, 0.2) is 192 Å². The van der Waals surface area contributed by atoms with Crippen LogP contribution < -0.4 is 0 Å². The molecule has 0 aliphatic rings. The van der Waals surface area contributed by atoms with Gasteiger partial charge in [0, 0.05) is 43.6 Å². The standard InChI is InChI=1S/C51H31N5O/c1-4-16-32(17-5-1)35-24-14-25-40-45-43(28-15-29-44(45)57-48(35)40)55-41-26-12-10-22-36(41)38-30-31-39-37-23-11-13-27-42(37)56(47(39)46(38)55)51-53-49(33-18-6-2-7-19-33)52-50(54-51)34-20-8-3-9-21-34/h1-31H/i10D,11D,12D,13D,22D,23D,26D,27D,30D,31D. The molecular weight excluding hydrogens is 699 g/mol. The van der Waals surface area contributed by atoms with Crippen molar-refractivity contribution in [3.63, 3.8) is 0 Å². The van der Waals surface area contributed by atoms with E-state index < -0.39 is 60.4 Å². The highest BCUT2D eigenvalue weighted by molar-refractivity contribution is 6.25. The molecule has 0 amide bonds. The fourth-order valence-electron chi connectivity index (χ4n) is 8.01. The van der Waals surface area contributed by atoms with Crippen LogP contribution in [-0.4, -0.2) is 24.1 Å². The molecule has 0 fully saturated rings. The lowest BCUT2D eigenvalue weighted by Crippen LogP contribution is -2.07. The molecule has 0 spiro atoms. The molecule has 4 heterocycles. The Morgan fingerprint density at radius 3 is 1.61 bits per heavy atom. The summed E-state index contributed by atoms with van der Waals surface area (Å²) in [5.74, 6) is 0.402. The van der Waals surface area contributed by atoms with Gasteiger partial charge < -0.3 is 8.98 Å². The molecule has 8 aromatic carbocycles. The van der Waals surface area contributed by atoms with Gasteiger partial charge in [0.25, 0.3) is 0 Å². The molecular formula is C51H31N5O. The van der Waals surface area contributed by atoms with Crippen molar-refractivity contribution in [2.24, 2.45) is 0 Å². The van der Waals surface area contributed by atoms with E-state index in [1.54, 1.807) is 16.7 Å². The first-order valence-electron chi connectivity index (χ1n) is 23.3. The maximum atomic E-state index is 9.79. The summed E-state index contributed by atoms with van der Waals surface area (Å²) in [6.45, 7) is 0. The summed E-state index contributed by atoms with van der Waals surface area (Å²) in [4.78, 5) is 14.9. The highest BCUT2D eigenvalue weighted by Gasteiger charge is 2.25. The maximum absolute atomic E-state index is 9.79. The summed E-state index contributed by atoms with van der Waals surface area (Å²) in [7, 11) is 0. The molecule has 0 radical (unpaired) electrons. The van der Waals surface area contributed by atoms with E-state index in [4.69, 9.17) is 24.9 Å². The molecule has 0 N–H and O–H groups in total. The fourth-order valence-corrected chi connectivity index (χ4v) is 8.01. The van der Waals surface area contributed by atoms with Crippen LogP contribution in [0.25, 0.3) is 111 Å². The van der Waals surface area contributed by atoms with Gasteiger partial charge in [-0.1, -0.05) is 164 Å². The molecule has 0 bridgehead atoms. The second-order valence-corrected chi connectivity index (χ2v) is 13.6. The van der Waals surface area contributed by atoms with Gasteiger partial charge in [-0.05, 0) is 29.8 Å². The van der Waals surface area contributed by atoms with Crippen molar-refractivity contribution in [2.45, 2.75) is 0 Å². The lowest BCUT2D eigenvalue weighted by Gasteiger charge is -2.14. The zero-order chi connectivity index (χ0) is 46.2. The highest BCUT2D eigenvalue weighted by Crippen LogP contribution is 2.45. The molecule has 0 saturated carbocycles. The Hall–Kier alpha value is -7.83. The zero-order valence-corrected chi connectivity index (χ0v) is 29.8. The second-order valence-electron chi connectivity index (χ2n) is 13.6. The van der Waals surface area contributed by atoms with Crippen molar-refractivity contribution in [1.29, 1.82) is 0 Å². The van der Waals surface area contributed by atoms with E-state index in [9.17, 15) is 8.22 Å². The third-order valence-electron chi connectivity index (χ3n) is 10.5. The molecule has 6 heteroatoms. The number of furan rings is 1. The van der Waals surface area contributed by atoms with Crippen LogP contribution in [0.3, 0.4) is 0 Å². The van der Waals surface area contributed by atoms with Crippen molar-refractivity contribution in [3.8, 4) is 45.5 Å². The molecule has 0 atom stereocenters. The average Bonchev–Trinajstić information content (AvgIpc) is 4.05. The monoisotopic (exact) mass is 739 g/mol. The van der Waals surface area contributed by atoms with Gasteiger partial charge in [-0.25, -0.2) is 4.98 Å². The predicted molar refractivity (Wildman–Crippen MR) is 232 cm³/mol. The van der Waals surface area contributed by atoms with E-state index in [0.717, 1.165) is 11.1 Å². The first-order valence-corrected chi connectivity index (χ1v) is 18.3. The van der Waals surface area contributed by atoms with Gasteiger partial charge in [-0.2, -0.15) is 9.97 Å². The summed E-state index contributed by atoms with van der Waals surface area (Å²) in [6, 6.07) is 34.5. The third kappa shape index (κ3) is 4.74. The minimum atomic E-state index is -0.558. The molecule has 0 unspecified atom stereocenters. The summed E-state index contributed by atoms with van der Waals surface area (Å²) in [5, 5.41) is 1.14. The number of hydrogen-bond acceptors (Lipinski definition) is 4. The lowest BCUT2D eigenvalue weighted by atomic mass is 10.0. The Bertz CT molecular complexity index is 4040. The number of para-hydroxylation sites is 3. The smallest absolute Gasteiger partial charge is 0.238 e. The van der Waals surface area contributed by atoms with Crippen molar-refractivity contribution in [1.82, 2.24) is 24.1 Å². The van der Waals surface area contributed by atoms with E-state index in [-0.39, 0.29) is 61.2 Å². The van der Waals surface area contributed by atoms with Gasteiger partial charge >= 0.3 is 0 Å². The van der Waals surface area contributed by atoms with Gasteiger partial charge in [0.2, 0.25) is 5.95 Å². The molecule has 266 valence electrons. The number of benzene rings is 8. The average molecular weight is 740 g/mol. The summed E-state index contributed by atoms with van der Waals surface area (Å²) >= 11 is 0. The lowest BCUT2D eigenvalue weighted by molar-refractivity contribution is 0.670. The first-order chi connectivity index (χ1) is 32.5. The molecule has 57 heavy (non-hydrogen) atoms. The van der Waals surface area contributed by atoms with Gasteiger partial charge in [-0.3, -0.25) is 4.57 Å². The molecule has 12 rings (SSSR count). The van der Waals surface area contributed by atoms with Gasteiger partial charge in [0.1, 0.15) is 11.2 Å². The normalized spacial score (nSPS) is 14.3. The van der Waals surface area contributed by atoms with Gasteiger partial charge in [-0.15, -0.1) is 0 Å². The van der Waals surface area contributed by atoms with Crippen LogP contribution in [0.1, 0.15) is 13.7 Å². The van der Waals surface area contributed by atoms with Crippen LogP contribution in [0, 0.1) is 0 Å². The topological polar surface area (TPSA) is 61.7 Å². The molecule has 0 aliphatic carbocycles. The van der Waals surface area contributed by atoms with E-state index in [1.807, 2.05) is 115 Å². The quantitative estimate of drug-likeness (QED) is 0.176. The van der Waals surface area contributed by atoms with Crippen molar-refractivity contribution in [3.05, 3.63) is 188 Å². The van der Waals surface area contributed by atoms with Crippen LogP contribution >= 0.6 is 0 Å². The first kappa shape index (κ1) is 23.2. The minimum absolute atomic E-state index is 0.00409. The van der Waals surface area contributed by atoms with E-state index in [2.05, 4.69) is 0 Å². The SMILES string of the molecule is [2H]c1c([2H])c([2H])c2c(c1[2H])c1c([2H])c([2H])c3c4c([2H])c([2H])c([2H])c([2H])c4n(-c4cccc5oc6c(-c7ccccc7)cccc6c45)c3c1n2-c1nc(-c2ccccc2)nc(-c2ccccc2)n1. The number of aromatic nitrogens is 5. The molecule has 0 saturated heterocycles. The van der Waals surface area contributed by atoms with E-state index in [1.165, 1.54) is 4.57 Å². The fraction of sp³-hybridized carbons (Fsp3) is 0. The van der Waals surface area contributed by atoms with Crippen LogP contribution in [0.4, 0.5) is 0 Å². The van der Waals surface area contributed by atoms with Gasteiger partial charge in [0.05, 0.1) is 46.8 Å². The highest BCUT2D eigenvalue weighted by atomic mass is 16.3. The molecule has 12 aromatic rings. The minimum Gasteiger partial charge on any atom is -0.455 e. The zero-order valence-electron chi connectivity index (χ0n) is 39.8. The summed E-state index contributed by atoms with van der Waals surface area (Å²) in [5.41, 5.74) is 4.54. The Morgan fingerprint density at radius 1 is 0.439 bits per heavy atom. The molecule has 0 aliphatic heterocycles. The maximum Gasteiger partial charge on any atom is 0.238 e. The van der Waals surface area contributed by atoms with Crippen LogP contribution in [0.5, 0.6) is 0 Å². The number of nitrogens with zero attached hydrogens (tertiary/aromatic N) is 5. The predicted octanol–water partition coefficient (Wildman–Crippen LogP) is 13.0. The van der Waals surface area contributed by atoms with E-state index >= 15 is 0 Å². The second kappa shape index (κ2) is 12.3. The van der Waals surface area contributed by atoms with Crippen molar-refractivity contribution in [2.75, 3.05) is 0 Å². The van der Waals surface area contributed by atoms with E-state index in [0.29, 0.717) is 38.8 Å². The van der Waals surface area contributed by atoms with Crippen LogP contribution in [-0.2, 0) is 0 Å². The Balaban J connectivity index is 1.36.